The Labute approximate surface area is 79.6 Å². The van der Waals surface area contributed by atoms with Crippen LogP contribution in [0.25, 0.3) is 0 Å². The van der Waals surface area contributed by atoms with Gasteiger partial charge < -0.3 is 9.05 Å². The smallest absolute Gasteiger partial charge is 0.396 e. The molecule has 1 rings (SSSR count). The lowest BCUT2D eigenvalue weighted by atomic mass is 10.5. The third kappa shape index (κ3) is 2.25. The highest BCUT2D eigenvalue weighted by atomic mass is 79.9. The second kappa shape index (κ2) is 3.81. The summed E-state index contributed by atoms with van der Waals surface area (Å²) in [5, 5.41) is 0.599. The van der Waals surface area contributed by atoms with E-state index < -0.39 is 7.82 Å². The van der Waals surface area contributed by atoms with E-state index in [1.165, 1.54) is 0 Å². The van der Waals surface area contributed by atoms with Gasteiger partial charge in [-0.25, -0.2) is 4.57 Å². The fourth-order valence-electron chi connectivity index (χ4n) is 0.682. The lowest BCUT2D eigenvalue weighted by molar-refractivity contribution is 0.202. The SMILES string of the molecule is CC1=C(C)OP(=O)(OCCBr)O1. The molecule has 1 aliphatic rings. The molecule has 1 aliphatic heterocycles. The van der Waals surface area contributed by atoms with Crippen LogP contribution in [-0.2, 0) is 18.1 Å². The van der Waals surface area contributed by atoms with Crippen LogP contribution in [0, 0.1) is 0 Å². The number of phosphoric acid groups is 1. The molecule has 0 N–H and O–H groups in total. The second-order valence-electron chi connectivity index (χ2n) is 2.26. The van der Waals surface area contributed by atoms with Gasteiger partial charge in [0.05, 0.1) is 6.61 Å². The molecule has 0 radical (unpaired) electrons. The number of allylic oxidation sites excluding steroid dienone is 2. The molecule has 0 saturated heterocycles. The predicted octanol–water partition coefficient (Wildman–Crippen LogP) is 2.80. The van der Waals surface area contributed by atoms with Crippen molar-refractivity contribution in [2.24, 2.45) is 0 Å². The third-order valence-electron chi connectivity index (χ3n) is 1.32. The Kier molecular flexibility index (Phi) is 3.21. The molecule has 0 unspecified atom stereocenters. The molecule has 0 spiro atoms. The van der Waals surface area contributed by atoms with Gasteiger partial charge >= 0.3 is 7.82 Å². The van der Waals surface area contributed by atoms with Crippen LogP contribution in [0.5, 0.6) is 0 Å². The molecule has 12 heavy (non-hydrogen) atoms. The third-order valence-corrected chi connectivity index (χ3v) is 3.14. The maximum Gasteiger partial charge on any atom is 0.587 e. The van der Waals surface area contributed by atoms with E-state index in [9.17, 15) is 4.57 Å². The van der Waals surface area contributed by atoms with Crippen LogP contribution < -0.4 is 0 Å². The van der Waals surface area contributed by atoms with Crippen molar-refractivity contribution < 1.29 is 18.1 Å². The molecule has 70 valence electrons. The molecule has 0 aliphatic carbocycles. The lowest BCUT2D eigenvalue weighted by Gasteiger charge is -2.09. The summed E-state index contributed by atoms with van der Waals surface area (Å²) in [5.41, 5.74) is 0. The van der Waals surface area contributed by atoms with Crippen molar-refractivity contribution in [3.05, 3.63) is 11.5 Å². The van der Waals surface area contributed by atoms with E-state index in [1.807, 2.05) is 0 Å². The van der Waals surface area contributed by atoms with Crippen LogP contribution in [0.15, 0.2) is 11.5 Å². The van der Waals surface area contributed by atoms with Crippen molar-refractivity contribution in [3.63, 3.8) is 0 Å². The van der Waals surface area contributed by atoms with Gasteiger partial charge in [-0.15, -0.1) is 0 Å². The summed E-state index contributed by atoms with van der Waals surface area (Å²) < 4.78 is 26.2. The Hall–Kier alpha value is 0.01000. The minimum absolute atomic E-state index is 0.303. The normalized spacial score (nSPS) is 20.6. The minimum Gasteiger partial charge on any atom is -0.396 e. The predicted molar refractivity (Wildman–Crippen MR) is 47.9 cm³/mol. The molecule has 0 amide bonds. The molecular weight excluding hydrogens is 247 g/mol. The van der Waals surface area contributed by atoms with E-state index in [2.05, 4.69) is 15.9 Å². The van der Waals surface area contributed by atoms with E-state index in [1.54, 1.807) is 13.8 Å². The Morgan fingerprint density at radius 1 is 1.42 bits per heavy atom. The monoisotopic (exact) mass is 256 g/mol. The number of halogens is 1. The zero-order chi connectivity index (χ0) is 9.19. The molecule has 0 aromatic heterocycles. The summed E-state index contributed by atoms with van der Waals surface area (Å²) in [7, 11) is -3.30. The summed E-state index contributed by atoms with van der Waals surface area (Å²) in [5.74, 6) is 1.04. The number of hydrogen-bond acceptors (Lipinski definition) is 4. The van der Waals surface area contributed by atoms with Crippen LogP contribution in [0.3, 0.4) is 0 Å². The van der Waals surface area contributed by atoms with Gasteiger partial charge in [0.25, 0.3) is 0 Å². The molecule has 0 bridgehead atoms. The van der Waals surface area contributed by atoms with Gasteiger partial charge in [0, 0.05) is 5.33 Å². The largest absolute Gasteiger partial charge is 0.587 e. The van der Waals surface area contributed by atoms with Gasteiger partial charge in [0.2, 0.25) is 0 Å². The summed E-state index contributed by atoms with van der Waals surface area (Å²) in [6.45, 7) is 3.68. The summed E-state index contributed by atoms with van der Waals surface area (Å²) in [6.07, 6.45) is 0. The average Bonchev–Trinajstić information content (AvgIpc) is 2.24. The standard InChI is InChI=1S/C6H10BrO4P/c1-5-6(2)11-12(8,10-5)9-4-3-7/h3-4H2,1-2H3. The van der Waals surface area contributed by atoms with E-state index in [4.69, 9.17) is 13.6 Å². The van der Waals surface area contributed by atoms with Crippen molar-refractivity contribution in [2.45, 2.75) is 13.8 Å². The highest BCUT2D eigenvalue weighted by Gasteiger charge is 2.36. The molecule has 0 aromatic carbocycles. The van der Waals surface area contributed by atoms with E-state index in [-0.39, 0.29) is 0 Å². The first-order valence-corrected chi connectivity index (χ1v) is 6.03. The maximum absolute atomic E-state index is 11.5. The van der Waals surface area contributed by atoms with Gasteiger partial charge in [-0.2, -0.15) is 0 Å². The molecule has 1 heterocycles. The summed E-state index contributed by atoms with van der Waals surface area (Å²) in [6, 6.07) is 0. The highest BCUT2D eigenvalue weighted by Crippen LogP contribution is 2.58. The van der Waals surface area contributed by atoms with Gasteiger partial charge in [0.1, 0.15) is 11.5 Å². The zero-order valence-corrected chi connectivity index (χ0v) is 9.35. The Morgan fingerprint density at radius 3 is 2.33 bits per heavy atom. The summed E-state index contributed by atoms with van der Waals surface area (Å²) in [4.78, 5) is 0. The fraction of sp³-hybridized carbons (Fsp3) is 0.667. The quantitative estimate of drug-likeness (QED) is 0.576. The van der Waals surface area contributed by atoms with Crippen LogP contribution >= 0.6 is 23.8 Å². The molecule has 0 aromatic rings. The Bertz CT molecular complexity index is 232. The van der Waals surface area contributed by atoms with Gasteiger partial charge in [-0.3, -0.25) is 4.52 Å². The van der Waals surface area contributed by atoms with E-state index in [0.717, 1.165) is 0 Å². The van der Waals surface area contributed by atoms with Gasteiger partial charge in [-0.1, -0.05) is 15.9 Å². The van der Waals surface area contributed by atoms with Crippen molar-refractivity contribution in [2.75, 3.05) is 11.9 Å². The molecule has 0 saturated carbocycles. The Morgan fingerprint density at radius 2 is 1.92 bits per heavy atom. The molecule has 6 heteroatoms. The van der Waals surface area contributed by atoms with E-state index >= 15 is 0 Å². The minimum atomic E-state index is -3.30. The first-order valence-electron chi connectivity index (χ1n) is 3.44. The molecule has 4 nitrogen and oxygen atoms in total. The van der Waals surface area contributed by atoms with Gasteiger partial charge in [0.15, 0.2) is 0 Å². The number of rotatable bonds is 3. The highest BCUT2D eigenvalue weighted by molar-refractivity contribution is 9.09. The second-order valence-corrected chi connectivity index (χ2v) is 4.58. The zero-order valence-electron chi connectivity index (χ0n) is 6.87. The van der Waals surface area contributed by atoms with Crippen molar-refractivity contribution in [1.82, 2.24) is 0 Å². The lowest BCUT2D eigenvalue weighted by Crippen LogP contribution is -1.94. The number of hydrogen-bond donors (Lipinski definition) is 0. The molecular formula is C6H10BrO4P. The topological polar surface area (TPSA) is 44.8 Å². The van der Waals surface area contributed by atoms with Crippen molar-refractivity contribution >= 4 is 23.8 Å². The Balaban J connectivity index is 2.52. The van der Waals surface area contributed by atoms with Crippen LogP contribution in [0.2, 0.25) is 0 Å². The number of alkyl halides is 1. The fourth-order valence-corrected chi connectivity index (χ4v) is 2.48. The molecule has 0 atom stereocenters. The van der Waals surface area contributed by atoms with Crippen molar-refractivity contribution in [3.8, 4) is 0 Å². The number of phosphoric ester groups is 1. The van der Waals surface area contributed by atoms with Crippen LogP contribution in [0.1, 0.15) is 13.8 Å². The van der Waals surface area contributed by atoms with Crippen LogP contribution in [0.4, 0.5) is 0 Å². The van der Waals surface area contributed by atoms with Crippen LogP contribution in [-0.4, -0.2) is 11.9 Å². The molecule has 0 fully saturated rings. The average molecular weight is 257 g/mol. The maximum atomic E-state index is 11.5. The van der Waals surface area contributed by atoms with E-state index in [0.29, 0.717) is 23.5 Å². The summed E-state index contributed by atoms with van der Waals surface area (Å²) >= 11 is 3.14. The first kappa shape index (κ1) is 10.1. The van der Waals surface area contributed by atoms with Crippen molar-refractivity contribution in [1.29, 1.82) is 0 Å². The van der Waals surface area contributed by atoms with Gasteiger partial charge in [-0.05, 0) is 13.8 Å². The first-order chi connectivity index (χ1) is 5.57.